The fourth-order valence-corrected chi connectivity index (χ4v) is 4.71. The van der Waals surface area contributed by atoms with Crippen molar-refractivity contribution in [1.29, 1.82) is 0 Å². The molecule has 0 bridgehead atoms. The number of carbonyl (C=O) groups is 4. The summed E-state index contributed by atoms with van der Waals surface area (Å²) in [5.41, 5.74) is 3.80. The van der Waals surface area contributed by atoms with E-state index in [-0.39, 0.29) is 36.6 Å². The normalized spacial score (nSPS) is 11.5. The van der Waals surface area contributed by atoms with Crippen molar-refractivity contribution in [2.24, 2.45) is 0 Å². The molecule has 3 amide bonds. The Morgan fingerprint density at radius 3 is 2.20 bits per heavy atom. The van der Waals surface area contributed by atoms with Crippen LogP contribution in [-0.2, 0) is 16.1 Å². The van der Waals surface area contributed by atoms with Crippen LogP contribution in [0.25, 0.3) is 10.8 Å². The number of aryl methyl sites for hydroxylation is 1. The van der Waals surface area contributed by atoms with Gasteiger partial charge in [0.25, 0.3) is 5.91 Å². The number of rotatable bonds is 10. The first-order valence-corrected chi connectivity index (χ1v) is 13.4. The Labute approximate surface area is 239 Å². The Kier molecular flexibility index (Phi) is 9.26. The molecule has 4 aromatic carbocycles. The van der Waals surface area contributed by atoms with E-state index in [0.29, 0.717) is 22.5 Å². The minimum absolute atomic E-state index is 0.0785. The molecule has 0 aliphatic heterocycles. The van der Waals surface area contributed by atoms with Gasteiger partial charge in [0.15, 0.2) is 5.78 Å². The molecule has 0 heterocycles. The number of benzene rings is 4. The van der Waals surface area contributed by atoms with Gasteiger partial charge < -0.3 is 20.9 Å². The van der Waals surface area contributed by atoms with E-state index < -0.39 is 6.04 Å². The molecule has 4 rings (SSSR count). The summed E-state index contributed by atoms with van der Waals surface area (Å²) >= 11 is 0. The first-order valence-electron chi connectivity index (χ1n) is 13.4. The summed E-state index contributed by atoms with van der Waals surface area (Å²) in [5, 5.41) is 10.6. The summed E-state index contributed by atoms with van der Waals surface area (Å²) in [6, 6.07) is 24.7. The third-order valence-corrected chi connectivity index (χ3v) is 6.94. The number of nitrogens with one attached hydrogen (secondary N) is 3. The van der Waals surface area contributed by atoms with Gasteiger partial charge >= 0.3 is 0 Å². The lowest BCUT2D eigenvalue weighted by Crippen LogP contribution is -2.48. The molecule has 4 aromatic rings. The van der Waals surface area contributed by atoms with Gasteiger partial charge in [-0.25, -0.2) is 0 Å². The fraction of sp³-hybridized carbons (Fsp3) is 0.212. The standard InChI is InChI=1S/C33H34N4O4/c1-21-13-14-25-9-5-6-10-27(25)28(21)20-37(33(41)22(2)35-31(39)19-34-4)30-12-8-7-11-29(30)36-32(40)26-17-15-24(16-18-26)23(3)38/h5-18,22,34H,19-20H2,1-4H3,(H,35,39)(H,36,40). The van der Waals surface area contributed by atoms with Crippen molar-refractivity contribution in [2.75, 3.05) is 23.8 Å². The molecule has 1 atom stereocenters. The van der Waals surface area contributed by atoms with Crippen LogP contribution in [0.1, 0.15) is 45.7 Å². The van der Waals surface area contributed by atoms with Crippen LogP contribution in [0.5, 0.6) is 0 Å². The summed E-state index contributed by atoms with van der Waals surface area (Å²) in [5.74, 6) is -1.09. The van der Waals surface area contributed by atoms with Crippen molar-refractivity contribution in [3.05, 3.63) is 107 Å². The molecule has 0 aromatic heterocycles. The number of nitrogens with zero attached hydrogens (tertiary/aromatic N) is 1. The van der Waals surface area contributed by atoms with E-state index in [0.717, 1.165) is 21.9 Å². The molecule has 41 heavy (non-hydrogen) atoms. The van der Waals surface area contributed by atoms with E-state index >= 15 is 0 Å². The maximum Gasteiger partial charge on any atom is 0.255 e. The van der Waals surface area contributed by atoms with E-state index in [1.54, 1.807) is 67.4 Å². The van der Waals surface area contributed by atoms with Crippen molar-refractivity contribution in [1.82, 2.24) is 10.6 Å². The summed E-state index contributed by atoms with van der Waals surface area (Å²) in [6.07, 6.45) is 0. The minimum atomic E-state index is -0.825. The number of carbonyl (C=O) groups excluding carboxylic acids is 4. The van der Waals surface area contributed by atoms with Gasteiger partial charge in [-0.3, -0.25) is 19.2 Å². The fourth-order valence-electron chi connectivity index (χ4n) is 4.71. The maximum absolute atomic E-state index is 14.0. The predicted molar refractivity (Wildman–Crippen MR) is 162 cm³/mol. The van der Waals surface area contributed by atoms with Gasteiger partial charge in [-0.1, -0.05) is 60.7 Å². The first kappa shape index (κ1) is 29.2. The second-order valence-electron chi connectivity index (χ2n) is 9.93. The van der Waals surface area contributed by atoms with Gasteiger partial charge in [0.2, 0.25) is 11.8 Å². The molecule has 210 valence electrons. The molecule has 0 spiro atoms. The number of ketones is 1. The molecule has 0 saturated carbocycles. The van der Waals surface area contributed by atoms with Gasteiger partial charge in [0.1, 0.15) is 6.04 Å². The van der Waals surface area contributed by atoms with Crippen molar-refractivity contribution in [3.8, 4) is 0 Å². The Bertz CT molecular complexity index is 1600. The van der Waals surface area contributed by atoms with E-state index in [2.05, 4.69) is 16.0 Å². The molecule has 0 aliphatic rings. The van der Waals surface area contributed by atoms with Crippen molar-refractivity contribution in [2.45, 2.75) is 33.4 Å². The molecule has 0 radical (unpaired) electrons. The number of anilines is 2. The van der Waals surface area contributed by atoms with Crippen LogP contribution in [0.2, 0.25) is 0 Å². The van der Waals surface area contributed by atoms with Crippen molar-refractivity contribution in [3.63, 3.8) is 0 Å². The highest BCUT2D eigenvalue weighted by Gasteiger charge is 2.27. The molecular formula is C33H34N4O4. The lowest BCUT2D eigenvalue weighted by atomic mass is 9.98. The predicted octanol–water partition coefficient (Wildman–Crippen LogP) is 4.86. The topological polar surface area (TPSA) is 108 Å². The largest absolute Gasteiger partial charge is 0.343 e. The van der Waals surface area contributed by atoms with Crippen molar-refractivity contribution < 1.29 is 19.2 Å². The Morgan fingerprint density at radius 2 is 1.49 bits per heavy atom. The van der Waals surface area contributed by atoms with Gasteiger partial charge in [0.05, 0.1) is 24.5 Å². The van der Waals surface area contributed by atoms with E-state index in [4.69, 9.17) is 0 Å². The second-order valence-corrected chi connectivity index (χ2v) is 9.93. The summed E-state index contributed by atoms with van der Waals surface area (Å²) in [7, 11) is 1.66. The van der Waals surface area contributed by atoms with E-state index in [1.165, 1.54) is 6.92 Å². The Hall–Kier alpha value is -4.82. The molecule has 8 nitrogen and oxygen atoms in total. The smallest absolute Gasteiger partial charge is 0.255 e. The van der Waals surface area contributed by atoms with Gasteiger partial charge in [0, 0.05) is 11.1 Å². The molecular weight excluding hydrogens is 516 g/mol. The monoisotopic (exact) mass is 550 g/mol. The summed E-state index contributed by atoms with van der Waals surface area (Å²) < 4.78 is 0. The Balaban J connectivity index is 1.74. The molecule has 8 heteroatoms. The summed E-state index contributed by atoms with van der Waals surface area (Å²) in [6.45, 7) is 5.42. The second kappa shape index (κ2) is 13.0. The zero-order valence-electron chi connectivity index (χ0n) is 23.7. The van der Waals surface area contributed by atoms with Crippen LogP contribution < -0.4 is 20.9 Å². The van der Waals surface area contributed by atoms with Crippen LogP contribution in [0, 0.1) is 6.92 Å². The number of hydrogen-bond acceptors (Lipinski definition) is 5. The maximum atomic E-state index is 14.0. The zero-order valence-corrected chi connectivity index (χ0v) is 23.7. The van der Waals surface area contributed by atoms with E-state index in [9.17, 15) is 19.2 Å². The minimum Gasteiger partial charge on any atom is -0.343 e. The van der Waals surface area contributed by atoms with Crippen LogP contribution in [-0.4, -0.2) is 43.1 Å². The number of hydrogen-bond donors (Lipinski definition) is 3. The third kappa shape index (κ3) is 6.85. The molecule has 0 saturated heterocycles. The third-order valence-electron chi connectivity index (χ3n) is 6.94. The number of para-hydroxylation sites is 2. The lowest BCUT2D eigenvalue weighted by Gasteiger charge is -2.29. The van der Waals surface area contributed by atoms with Crippen molar-refractivity contribution >= 4 is 45.7 Å². The average Bonchev–Trinajstić information content (AvgIpc) is 2.97. The van der Waals surface area contributed by atoms with Gasteiger partial charge in [-0.05, 0) is 74.0 Å². The van der Waals surface area contributed by atoms with Gasteiger partial charge in [-0.15, -0.1) is 0 Å². The van der Waals surface area contributed by atoms with E-state index in [1.807, 2.05) is 43.3 Å². The number of likely N-dealkylation sites (N-methyl/N-ethyl adjacent to an activating group) is 1. The Morgan fingerprint density at radius 1 is 0.829 bits per heavy atom. The highest BCUT2D eigenvalue weighted by Crippen LogP contribution is 2.31. The average molecular weight is 551 g/mol. The molecule has 1 unspecified atom stereocenters. The molecule has 0 aliphatic carbocycles. The number of amides is 3. The number of Topliss-reactive ketones (excluding diaryl/α,β-unsaturated/α-hetero) is 1. The quantitative estimate of drug-likeness (QED) is 0.245. The molecule has 3 N–H and O–H groups in total. The van der Waals surface area contributed by atoms with Crippen LogP contribution >= 0.6 is 0 Å². The first-order chi connectivity index (χ1) is 19.7. The summed E-state index contributed by atoms with van der Waals surface area (Å²) in [4.78, 5) is 52.8. The lowest BCUT2D eigenvalue weighted by molar-refractivity contribution is -0.126. The van der Waals surface area contributed by atoms with Crippen LogP contribution in [0.3, 0.4) is 0 Å². The van der Waals surface area contributed by atoms with Crippen LogP contribution in [0.15, 0.2) is 84.9 Å². The van der Waals surface area contributed by atoms with Gasteiger partial charge in [-0.2, -0.15) is 0 Å². The SMILES string of the molecule is CNCC(=O)NC(C)C(=O)N(Cc1c(C)ccc2ccccc12)c1ccccc1NC(=O)c1ccc(C(C)=O)cc1. The van der Waals surface area contributed by atoms with Crippen LogP contribution in [0.4, 0.5) is 11.4 Å². The number of fused-ring (bicyclic) bond motifs is 1. The highest BCUT2D eigenvalue weighted by atomic mass is 16.2. The molecule has 0 fully saturated rings. The highest BCUT2D eigenvalue weighted by molar-refractivity contribution is 6.09. The zero-order chi connectivity index (χ0) is 29.5.